The number of nitrogens with zero attached hydrogens (tertiary/aromatic N) is 1. The second kappa shape index (κ2) is 3.42. The van der Waals surface area contributed by atoms with Gasteiger partial charge in [-0.1, -0.05) is 36.8 Å². The summed E-state index contributed by atoms with van der Waals surface area (Å²) < 4.78 is 0. The van der Waals surface area contributed by atoms with E-state index in [0.717, 1.165) is 12.0 Å². The normalized spacial score (nSPS) is 35.4. The smallest absolute Gasteiger partial charge is 0.256 e. The van der Waals surface area contributed by atoms with Crippen molar-refractivity contribution in [3.63, 3.8) is 0 Å². The van der Waals surface area contributed by atoms with E-state index in [1.54, 1.807) is 7.05 Å². The minimum Gasteiger partial charge on any atom is -0.281 e. The maximum atomic E-state index is 12.1. The Hall–Kier alpha value is -1.64. The van der Waals surface area contributed by atoms with Gasteiger partial charge in [0.1, 0.15) is 0 Å². The second-order valence-electron chi connectivity index (χ2n) is 5.05. The maximum absolute atomic E-state index is 12.1. The van der Waals surface area contributed by atoms with E-state index in [1.165, 1.54) is 10.5 Å². The van der Waals surface area contributed by atoms with Crippen molar-refractivity contribution in [1.29, 1.82) is 0 Å². The van der Waals surface area contributed by atoms with Crippen molar-refractivity contribution in [2.45, 2.75) is 13.3 Å². The Bertz CT molecular complexity index is 498. The van der Waals surface area contributed by atoms with Crippen molar-refractivity contribution in [3.05, 3.63) is 35.5 Å². The maximum Gasteiger partial charge on any atom is 0.256 e. The van der Waals surface area contributed by atoms with Crippen LogP contribution in [-0.4, -0.2) is 23.8 Å². The third kappa shape index (κ3) is 1.28. The number of amides is 2. The molecule has 0 aromatic rings. The Morgan fingerprint density at radius 3 is 2.88 bits per heavy atom. The molecule has 3 atom stereocenters. The summed E-state index contributed by atoms with van der Waals surface area (Å²) in [5, 5.41) is 0. The van der Waals surface area contributed by atoms with E-state index in [4.69, 9.17) is 0 Å². The van der Waals surface area contributed by atoms with E-state index >= 15 is 0 Å². The van der Waals surface area contributed by atoms with E-state index < -0.39 is 0 Å². The summed E-state index contributed by atoms with van der Waals surface area (Å²) in [7, 11) is 1.57. The molecular weight excluding hydrogens is 214 g/mol. The molecule has 0 spiro atoms. The molecule has 0 N–H and O–H groups in total. The van der Waals surface area contributed by atoms with Gasteiger partial charge in [-0.3, -0.25) is 14.5 Å². The second-order valence-corrected chi connectivity index (χ2v) is 5.05. The fourth-order valence-corrected chi connectivity index (χ4v) is 3.08. The third-order valence-electron chi connectivity index (χ3n) is 4.09. The van der Waals surface area contributed by atoms with Crippen LogP contribution in [0.4, 0.5) is 0 Å². The first-order chi connectivity index (χ1) is 8.11. The van der Waals surface area contributed by atoms with Crippen molar-refractivity contribution in [2.75, 3.05) is 7.05 Å². The Kier molecular flexibility index (Phi) is 2.12. The van der Waals surface area contributed by atoms with Crippen LogP contribution in [-0.2, 0) is 9.59 Å². The Morgan fingerprint density at radius 2 is 2.12 bits per heavy atom. The van der Waals surface area contributed by atoms with Crippen molar-refractivity contribution in [2.24, 2.45) is 17.8 Å². The first kappa shape index (κ1) is 10.5. The number of piperidine rings is 1. The van der Waals surface area contributed by atoms with Gasteiger partial charge in [0.25, 0.3) is 5.91 Å². The fourth-order valence-electron chi connectivity index (χ4n) is 3.08. The molecule has 3 aliphatic rings. The van der Waals surface area contributed by atoms with Gasteiger partial charge in [0.15, 0.2) is 0 Å². The van der Waals surface area contributed by atoms with E-state index in [2.05, 4.69) is 13.0 Å². The average molecular weight is 229 g/mol. The number of hydrogen-bond acceptors (Lipinski definition) is 2. The molecule has 0 bridgehead atoms. The van der Waals surface area contributed by atoms with Crippen molar-refractivity contribution >= 4 is 11.8 Å². The minimum atomic E-state index is -0.174. The zero-order valence-corrected chi connectivity index (χ0v) is 10.0. The average Bonchev–Trinajstić information content (AvgIpc) is 2.35. The molecule has 1 fully saturated rings. The molecule has 3 unspecified atom stereocenters. The summed E-state index contributed by atoms with van der Waals surface area (Å²) in [6.45, 7) is 2.16. The lowest BCUT2D eigenvalue weighted by molar-refractivity contribution is -0.146. The van der Waals surface area contributed by atoms with Crippen molar-refractivity contribution in [3.8, 4) is 0 Å². The van der Waals surface area contributed by atoms with E-state index in [-0.39, 0.29) is 23.7 Å². The summed E-state index contributed by atoms with van der Waals surface area (Å²) in [5.41, 5.74) is 2.05. The molecule has 3 heteroatoms. The Morgan fingerprint density at radius 1 is 1.35 bits per heavy atom. The van der Waals surface area contributed by atoms with Gasteiger partial charge in [-0.05, 0) is 12.3 Å². The molecule has 3 rings (SSSR count). The molecule has 17 heavy (non-hydrogen) atoms. The summed E-state index contributed by atoms with van der Waals surface area (Å²) in [4.78, 5) is 25.5. The monoisotopic (exact) mass is 229 g/mol. The predicted molar refractivity (Wildman–Crippen MR) is 63.8 cm³/mol. The van der Waals surface area contributed by atoms with Crippen LogP contribution in [0.15, 0.2) is 35.5 Å². The van der Waals surface area contributed by atoms with Crippen molar-refractivity contribution in [1.82, 2.24) is 4.90 Å². The summed E-state index contributed by atoms with van der Waals surface area (Å²) in [6, 6.07) is 0. The van der Waals surface area contributed by atoms with Crippen LogP contribution in [0.25, 0.3) is 0 Å². The molecule has 2 amide bonds. The van der Waals surface area contributed by atoms with Gasteiger partial charge >= 0.3 is 0 Å². The lowest BCUT2D eigenvalue weighted by Gasteiger charge is -2.42. The van der Waals surface area contributed by atoms with Gasteiger partial charge in [-0.25, -0.2) is 0 Å². The number of carbonyl (C=O) groups is 2. The highest BCUT2D eigenvalue weighted by molar-refractivity contribution is 6.09. The van der Waals surface area contributed by atoms with Crippen LogP contribution < -0.4 is 0 Å². The number of rotatable bonds is 0. The molecule has 1 aliphatic heterocycles. The fraction of sp³-hybridized carbons (Fsp3) is 0.429. The van der Waals surface area contributed by atoms with Crippen LogP contribution in [0.1, 0.15) is 13.3 Å². The molecule has 1 saturated heterocycles. The molecule has 3 nitrogen and oxygen atoms in total. The summed E-state index contributed by atoms with van der Waals surface area (Å²) >= 11 is 0. The molecule has 1 heterocycles. The Labute approximate surface area is 100 Å². The molecule has 0 aromatic carbocycles. The highest BCUT2D eigenvalue weighted by Crippen LogP contribution is 2.45. The van der Waals surface area contributed by atoms with Gasteiger partial charge in [-0.2, -0.15) is 0 Å². The van der Waals surface area contributed by atoms with Crippen LogP contribution in [0, 0.1) is 17.8 Å². The number of likely N-dealkylation sites (N-methyl/N-ethyl adjacent to an activating group) is 1. The topological polar surface area (TPSA) is 37.4 Å². The largest absolute Gasteiger partial charge is 0.281 e. The van der Waals surface area contributed by atoms with E-state index in [9.17, 15) is 9.59 Å². The zero-order chi connectivity index (χ0) is 12.2. The third-order valence-corrected chi connectivity index (χ3v) is 4.09. The summed E-state index contributed by atoms with van der Waals surface area (Å²) in [5.74, 6) is 0.0595. The molecule has 0 saturated carbocycles. The predicted octanol–water partition coefficient (Wildman–Crippen LogP) is 1.68. The number of allylic oxidation sites excluding steroid dienone is 4. The molecule has 2 aliphatic carbocycles. The zero-order valence-electron chi connectivity index (χ0n) is 10.0. The van der Waals surface area contributed by atoms with Gasteiger partial charge in [0.05, 0.1) is 5.92 Å². The van der Waals surface area contributed by atoms with Crippen LogP contribution in [0.2, 0.25) is 0 Å². The SMILES string of the molecule is CC1CC=C2C(=O)N(C)C(=O)C3C=CC=C1C23. The number of hydrogen-bond donors (Lipinski definition) is 0. The number of imide groups is 1. The van der Waals surface area contributed by atoms with Gasteiger partial charge in [0.2, 0.25) is 5.91 Å². The molecular formula is C14H15NO2. The molecule has 0 radical (unpaired) electrons. The van der Waals surface area contributed by atoms with E-state index in [0.29, 0.717) is 5.92 Å². The Balaban J connectivity index is 2.15. The lowest BCUT2D eigenvalue weighted by Crippen LogP contribution is -2.50. The number of carbonyl (C=O) groups excluding carboxylic acids is 2. The first-order valence-electron chi connectivity index (χ1n) is 6.01. The van der Waals surface area contributed by atoms with Crippen LogP contribution in [0.3, 0.4) is 0 Å². The standard InChI is InChI=1S/C14H15NO2/c1-8-6-7-11-12-9(8)4-3-5-10(12)13(16)15(2)14(11)17/h3-5,7-8,10,12H,6H2,1-2H3. The highest BCUT2D eigenvalue weighted by Gasteiger charge is 2.46. The van der Waals surface area contributed by atoms with Gasteiger partial charge < -0.3 is 0 Å². The quantitative estimate of drug-likeness (QED) is 0.593. The lowest BCUT2D eigenvalue weighted by atomic mass is 9.66. The van der Waals surface area contributed by atoms with Gasteiger partial charge in [-0.15, -0.1) is 0 Å². The molecule has 0 aromatic heterocycles. The van der Waals surface area contributed by atoms with Crippen LogP contribution in [0.5, 0.6) is 0 Å². The van der Waals surface area contributed by atoms with Gasteiger partial charge in [0, 0.05) is 18.5 Å². The minimum absolute atomic E-state index is 0.0000463. The van der Waals surface area contributed by atoms with Crippen LogP contribution >= 0.6 is 0 Å². The summed E-state index contributed by atoms with van der Waals surface area (Å²) in [6.07, 6.45) is 8.86. The highest BCUT2D eigenvalue weighted by atomic mass is 16.2. The van der Waals surface area contributed by atoms with E-state index in [1.807, 2.05) is 18.2 Å². The number of likely N-dealkylation sites (tertiary alicyclic amines) is 1. The van der Waals surface area contributed by atoms with Crippen molar-refractivity contribution < 1.29 is 9.59 Å². The molecule has 88 valence electrons. The first-order valence-corrected chi connectivity index (χ1v) is 6.01.